The van der Waals surface area contributed by atoms with Gasteiger partial charge in [-0.1, -0.05) is 34.8 Å². The molecule has 0 aromatic heterocycles. The smallest absolute Gasteiger partial charge is 0.338 e. The summed E-state index contributed by atoms with van der Waals surface area (Å²) in [5.41, 5.74) is 0.235. The van der Waals surface area contributed by atoms with Gasteiger partial charge in [-0.05, 0) is 30.3 Å². The summed E-state index contributed by atoms with van der Waals surface area (Å²) in [6.07, 6.45) is 0. The molecule has 0 spiro atoms. The Balaban J connectivity index is 2.67. The van der Waals surface area contributed by atoms with Gasteiger partial charge in [-0.3, -0.25) is 0 Å². The average Bonchev–Trinajstić information content (AvgIpc) is 2.34. The van der Waals surface area contributed by atoms with E-state index >= 15 is 0 Å². The number of aromatic carboxylic acids is 1. The van der Waals surface area contributed by atoms with Crippen LogP contribution >= 0.6 is 34.8 Å². The van der Waals surface area contributed by atoms with E-state index in [0.717, 1.165) is 12.1 Å². The maximum Gasteiger partial charge on any atom is 0.338 e. The fourth-order valence-corrected chi connectivity index (χ4v) is 2.28. The molecular weight excluding hydrogens is 313 g/mol. The topological polar surface area (TPSA) is 37.3 Å². The standard InChI is InChI=1S/C13H6Cl3FO2/c14-6-1-2-10(15)7(3-6)8-5-12(17)9(13(18)19)4-11(8)16/h1-5H,(H,18,19). The van der Waals surface area contributed by atoms with Gasteiger partial charge in [0.05, 0.1) is 5.56 Å². The first kappa shape index (κ1) is 14.1. The summed E-state index contributed by atoms with van der Waals surface area (Å²) < 4.78 is 13.7. The summed E-state index contributed by atoms with van der Waals surface area (Å²) in [7, 11) is 0. The van der Waals surface area contributed by atoms with Crippen molar-refractivity contribution in [3.05, 3.63) is 56.8 Å². The van der Waals surface area contributed by atoms with E-state index in [1.54, 1.807) is 12.1 Å². The van der Waals surface area contributed by atoms with Gasteiger partial charge in [-0.25, -0.2) is 9.18 Å². The monoisotopic (exact) mass is 318 g/mol. The lowest BCUT2D eigenvalue weighted by Gasteiger charge is -2.09. The van der Waals surface area contributed by atoms with Crippen molar-refractivity contribution in [2.24, 2.45) is 0 Å². The lowest BCUT2D eigenvalue weighted by atomic mass is 10.0. The van der Waals surface area contributed by atoms with E-state index in [2.05, 4.69) is 0 Å². The largest absolute Gasteiger partial charge is 0.478 e. The molecule has 98 valence electrons. The van der Waals surface area contributed by atoms with Gasteiger partial charge in [-0.15, -0.1) is 0 Å². The molecule has 0 unspecified atom stereocenters. The second-order valence-electron chi connectivity index (χ2n) is 3.74. The van der Waals surface area contributed by atoms with Crippen molar-refractivity contribution in [2.45, 2.75) is 0 Å². The number of hydrogen-bond donors (Lipinski definition) is 1. The van der Waals surface area contributed by atoms with Crippen LogP contribution in [0.1, 0.15) is 10.4 Å². The Morgan fingerprint density at radius 1 is 1.00 bits per heavy atom. The molecule has 0 aliphatic heterocycles. The van der Waals surface area contributed by atoms with Crippen LogP contribution in [0.5, 0.6) is 0 Å². The third-order valence-corrected chi connectivity index (χ3v) is 3.38. The normalized spacial score (nSPS) is 10.5. The minimum atomic E-state index is -1.39. The highest BCUT2D eigenvalue weighted by molar-refractivity contribution is 6.37. The first-order valence-electron chi connectivity index (χ1n) is 5.08. The number of hydrogen-bond acceptors (Lipinski definition) is 1. The highest BCUT2D eigenvalue weighted by Gasteiger charge is 2.16. The van der Waals surface area contributed by atoms with Crippen molar-refractivity contribution in [1.29, 1.82) is 0 Å². The molecule has 0 amide bonds. The fraction of sp³-hybridized carbons (Fsp3) is 0. The Kier molecular flexibility index (Phi) is 3.99. The van der Waals surface area contributed by atoms with Crippen molar-refractivity contribution in [3.63, 3.8) is 0 Å². The Hall–Kier alpha value is -1.29. The van der Waals surface area contributed by atoms with Crippen LogP contribution in [0.4, 0.5) is 4.39 Å². The van der Waals surface area contributed by atoms with Crippen LogP contribution in [0.2, 0.25) is 15.1 Å². The lowest BCUT2D eigenvalue weighted by molar-refractivity contribution is 0.0692. The van der Waals surface area contributed by atoms with Gasteiger partial charge < -0.3 is 5.11 Å². The van der Waals surface area contributed by atoms with E-state index < -0.39 is 17.3 Å². The van der Waals surface area contributed by atoms with Crippen LogP contribution < -0.4 is 0 Å². The number of carbonyl (C=O) groups is 1. The van der Waals surface area contributed by atoms with Crippen LogP contribution in [0.3, 0.4) is 0 Å². The zero-order chi connectivity index (χ0) is 14.2. The van der Waals surface area contributed by atoms with Crippen LogP contribution in [0.25, 0.3) is 11.1 Å². The van der Waals surface area contributed by atoms with Crippen LogP contribution in [0, 0.1) is 5.82 Å². The van der Waals surface area contributed by atoms with E-state index in [-0.39, 0.29) is 10.6 Å². The number of rotatable bonds is 2. The molecule has 19 heavy (non-hydrogen) atoms. The SMILES string of the molecule is O=C(O)c1cc(Cl)c(-c2cc(Cl)ccc2Cl)cc1F. The van der Waals surface area contributed by atoms with E-state index in [9.17, 15) is 9.18 Å². The Morgan fingerprint density at radius 3 is 2.26 bits per heavy atom. The Bertz CT molecular complexity index is 671. The molecule has 0 fully saturated rings. The Labute approximate surface area is 123 Å². The van der Waals surface area contributed by atoms with Crippen molar-refractivity contribution < 1.29 is 14.3 Å². The highest BCUT2D eigenvalue weighted by Crippen LogP contribution is 2.36. The molecular formula is C13H6Cl3FO2. The van der Waals surface area contributed by atoms with Gasteiger partial charge >= 0.3 is 5.97 Å². The van der Waals surface area contributed by atoms with Gasteiger partial charge in [-0.2, -0.15) is 0 Å². The molecule has 2 aromatic carbocycles. The zero-order valence-corrected chi connectivity index (χ0v) is 11.5. The van der Waals surface area contributed by atoms with E-state index in [1.165, 1.54) is 6.07 Å². The molecule has 6 heteroatoms. The predicted octanol–water partition coefficient (Wildman–Crippen LogP) is 5.15. The number of benzene rings is 2. The lowest BCUT2D eigenvalue weighted by Crippen LogP contribution is -2.01. The minimum Gasteiger partial charge on any atom is -0.478 e. The fourth-order valence-electron chi connectivity index (χ4n) is 1.62. The molecule has 0 aliphatic rings. The third kappa shape index (κ3) is 2.84. The molecule has 0 bridgehead atoms. The summed E-state index contributed by atoms with van der Waals surface area (Å²) in [4.78, 5) is 10.8. The zero-order valence-electron chi connectivity index (χ0n) is 9.25. The van der Waals surface area contributed by atoms with E-state index in [4.69, 9.17) is 39.9 Å². The van der Waals surface area contributed by atoms with E-state index in [0.29, 0.717) is 15.6 Å². The predicted molar refractivity (Wildman–Crippen MR) is 73.8 cm³/mol. The Morgan fingerprint density at radius 2 is 1.63 bits per heavy atom. The maximum absolute atomic E-state index is 13.7. The summed E-state index contributed by atoms with van der Waals surface area (Å²) in [6, 6.07) is 6.75. The minimum absolute atomic E-state index is 0.0861. The molecule has 0 atom stereocenters. The maximum atomic E-state index is 13.7. The summed E-state index contributed by atoms with van der Waals surface area (Å²) >= 11 is 17.8. The van der Waals surface area contributed by atoms with Crippen molar-refractivity contribution in [1.82, 2.24) is 0 Å². The van der Waals surface area contributed by atoms with E-state index in [1.807, 2.05) is 0 Å². The summed E-state index contributed by atoms with van der Waals surface area (Å²) in [5.74, 6) is -2.27. The molecule has 0 radical (unpaired) electrons. The van der Waals surface area contributed by atoms with Gasteiger partial charge in [0.25, 0.3) is 0 Å². The average molecular weight is 320 g/mol. The first-order chi connectivity index (χ1) is 8.90. The third-order valence-electron chi connectivity index (χ3n) is 2.51. The molecule has 1 N–H and O–H groups in total. The van der Waals surface area contributed by atoms with Crippen LogP contribution in [0.15, 0.2) is 30.3 Å². The van der Waals surface area contributed by atoms with Crippen molar-refractivity contribution >= 4 is 40.8 Å². The van der Waals surface area contributed by atoms with Gasteiger partial charge in [0, 0.05) is 26.2 Å². The highest BCUT2D eigenvalue weighted by atomic mass is 35.5. The number of carboxylic acid groups (broad SMARTS) is 1. The quantitative estimate of drug-likeness (QED) is 0.831. The number of halogens is 4. The first-order valence-corrected chi connectivity index (χ1v) is 6.21. The number of carboxylic acids is 1. The van der Waals surface area contributed by atoms with Crippen molar-refractivity contribution in [3.8, 4) is 11.1 Å². The van der Waals surface area contributed by atoms with Gasteiger partial charge in [0.15, 0.2) is 0 Å². The molecule has 2 aromatic rings. The molecule has 2 rings (SSSR count). The molecule has 2 nitrogen and oxygen atoms in total. The summed E-state index contributed by atoms with van der Waals surface area (Å²) in [5, 5.41) is 9.65. The molecule has 0 aliphatic carbocycles. The second-order valence-corrected chi connectivity index (χ2v) is 4.99. The molecule has 0 saturated heterocycles. The summed E-state index contributed by atoms with van der Waals surface area (Å²) in [6.45, 7) is 0. The second kappa shape index (κ2) is 5.37. The molecule has 0 heterocycles. The van der Waals surface area contributed by atoms with Crippen molar-refractivity contribution in [2.75, 3.05) is 0 Å². The van der Waals surface area contributed by atoms with Crippen LogP contribution in [-0.4, -0.2) is 11.1 Å². The molecule has 0 saturated carbocycles. The van der Waals surface area contributed by atoms with Crippen LogP contribution in [-0.2, 0) is 0 Å². The van der Waals surface area contributed by atoms with Gasteiger partial charge in [0.1, 0.15) is 5.82 Å². The van der Waals surface area contributed by atoms with Gasteiger partial charge in [0.2, 0.25) is 0 Å².